The van der Waals surface area contributed by atoms with Gasteiger partial charge in [0, 0.05) is 18.1 Å². The number of carbonyl (C=O) groups excluding carboxylic acids is 1. The highest BCUT2D eigenvalue weighted by Crippen LogP contribution is 2.26. The summed E-state index contributed by atoms with van der Waals surface area (Å²) in [6.07, 6.45) is -0.248. The summed E-state index contributed by atoms with van der Waals surface area (Å²) < 4.78 is 10.2. The lowest BCUT2D eigenvalue weighted by molar-refractivity contribution is -0.139. The molecule has 0 saturated carbocycles. The van der Waals surface area contributed by atoms with Crippen molar-refractivity contribution < 1.29 is 24.2 Å². The van der Waals surface area contributed by atoms with Gasteiger partial charge in [0.05, 0.1) is 25.7 Å². The van der Waals surface area contributed by atoms with Crippen LogP contribution in [0.3, 0.4) is 0 Å². The highest BCUT2D eigenvalue weighted by atomic mass is 32.1. The minimum atomic E-state index is -1.02. The van der Waals surface area contributed by atoms with Crippen molar-refractivity contribution in [1.82, 2.24) is 10.3 Å². The van der Waals surface area contributed by atoms with Crippen molar-refractivity contribution >= 4 is 23.2 Å². The molecule has 134 valence electrons. The van der Waals surface area contributed by atoms with E-state index in [4.69, 9.17) is 14.6 Å². The third-order valence-corrected chi connectivity index (χ3v) is 4.38. The zero-order valence-electron chi connectivity index (χ0n) is 14.2. The minimum Gasteiger partial charge on any atom is -0.497 e. The summed E-state index contributed by atoms with van der Waals surface area (Å²) in [7, 11) is 3.05. The molecule has 1 amide bonds. The van der Waals surface area contributed by atoms with Gasteiger partial charge in [0.15, 0.2) is 0 Å². The number of aromatic nitrogens is 1. The van der Waals surface area contributed by atoms with Crippen LogP contribution in [0, 0.1) is 0 Å². The molecule has 1 unspecified atom stereocenters. The Hall–Kier alpha value is -2.45. The number of nitrogens with one attached hydrogen (secondary N) is 1. The molecule has 0 radical (unpaired) electrons. The number of ether oxygens (including phenoxy) is 2. The number of carbonyl (C=O) groups is 2. The molecule has 0 bridgehead atoms. The van der Waals surface area contributed by atoms with Crippen molar-refractivity contribution in [3.8, 4) is 16.3 Å². The molecule has 7 nitrogen and oxygen atoms in total. The van der Waals surface area contributed by atoms with Crippen LogP contribution < -0.4 is 10.1 Å². The van der Waals surface area contributed by atoms with Crippen molar-refractivity contribution in [1.29, 1.82) is 0 Å². The summed E-state index contributed by atoms with van der Waals surface area (Å²) in [6, 6.07) is 7.36. The predicted molar refractivity (Wildman–Crippen MR) is 94.1 cm³/mol. The lowest BCUT2D eigenvalue weighted by Crippen LogP contribution is -2.50. The molecular weight excluding hydrogens is 344 g/mol. The summed E-state index contributed by atoms with van der Waals surface area (Å²) >= 11 is 1.34. The van der Waals surface area contributed by atoms with Crippen molar-refractivity contribution in [3.63, 3.8) is 0 Å². The van der Waals surface area contributed by atoms with Crippen molar-refractivity contribution in [2.75, 3.05) is 20.8 Å². The van der Waals surface area contributed by atoms with Gasteiger partial charge in [-0.2, -0.15) is 0 Å². The van der Waals surface area contributed by atoms with E-state index in [1.807, 2.05) is 24.3 Å². The summed E-state index contributed by atoms with van der Waals surface area (Å²) in [4.78, 5) is 27.8. The Morgan fingerprint density at radius 2 is 1.96 bits per heavy atom. The maximum atomic E-state index is 12.4. The van der Waals surface area contributed by atoms with Crippen LogP contribution in [0.4, 0.5) is 0 Å². The lowest BCUT2D eigenvalue weighted by atomic mass is 9.99. The smallest absolute Gasteiger partial charge is 0.305 e. The number of thiazole rings is 1. The van der Waals surface area contributed by atoms with E-state index in [1.165, 1.54) is 18.4 Å². The Bertz CT molecular complexity index is 744. The monoisotopic (exact) mass is 364 g/mol. The second-order valence-corrected chi connectivity index (χ2v) is 6.64. The molecule has 0 saturated heterocycles. The lowest BCUT2D eigenvalue weighted by Gasteiger charge is -2.28. The van der Waals surface area contributed by atoms with Gasteiger partial charge in [0.2, 0.25) is 0 Å². The molecule has 1 heterocycles. The fourth-order valence-electron chi connectivity index (χ4n) is 2.37. The number of methoxy groups -OCH3 is 2. The summed E-state index contributed by atoms with van der Waals surface area (Å²) in [5.74, 6) is -0.712. The Kier molecular flexibility index (Phi) is 6.11. The number of carboxylic acids is 1. The Morgan fingerprint density at radius 3 is 2.52 bits per heavy atom. The van der Waals surface area contributed by atoms with E-state index in [-0.39, 0.29) is 18.7 Å². The fourth-order valence-corrected chi connectivity index (χ4v) is 3.17. The van der Waals surface area contributed by atoms with Gasteiger partial charge in [-0.3, -0.25) is 9.59 Å². The number of hydrogen-bond acceptors (Lipinski definition) is 6. The Balaban J connectivity index is 2.14. The van der Waals surface area contributed by atoms with Crippen molar-refractivity contribution in [2.45, 2.75) is 18.9 Å². The van der Waals surface area contributed by atoms with Gasteiger partial charge < -0.3 is 19.9 Å². The van der Waals surface area contributed by atoms with Gasteiger partial charge in [-0.25, -0.2) is 4.98 Å². The Labute approximate surface area is 149 Å². The first-order valence-corrected chi connectivity index (χ1v) is 8.38. The molecule has 0 spiro atoms. The van der Waals surface area contributed by atoms with Crippen LogP contribution in [0.5, 0.6) is 5.75 Å². The fraction of sp³-hybridized carbons (Fsp3) is 0.353. The van der Waals surface area contributed by atoms with Crippen LogP contribution in [0.15, 0.2) is 29.6 Å². The summed E-state index contributed by atoms with van der Waals surface area (Å²) in [5, 5.41) is 14.1. The number of hydrogen-bond donors (Lipinski definition) is 2. The molecule has 8 heteroatoms. The molecule has 1 aromatic heterocycles. The number of nitrogens with zero attached hydrogens (tertiary/aromatic N) is 1. The molecule has 2 N–H and O–H groups in total. The zero-order valence-corrected chi connectivity index (χ0v) is 15.1. The van der Waals surface area contributed by atoms with Gasteiger partial charge in [0.25, 0.3) is 5.91 Å². The van der Waals surface area contributed by atoms with E-state index in [9.17, 15) is 9.59 Å². The minimum absolute atomic E-state index is 0.0838. The molecule has 0 aliphatic carbocycles. The molecule has 2 rings (SSSR count). The highest BCUT2D eigenvalue weighted by Gasteiger charge is 2.30. The van der Waals surface area contributed by atoms with E-state index in [1.54, 1.807) is 19.4 Å². The number of benzene rings is 1. The normalized spacial score (nSPS) is 13.1. The molecule has 0 fully saturated rings. The van der Waals surface area contributed by atoms with E-state index in [0.717, 1.165) is 11.3 Å². The number of rotatable bonds is 8. The molecular formula is C17H20N2O5S. The second kappa shape index (κ2) is 8.09. The van der Waals surface area contributed by atoms with Gasteiger partial charge in [-0.1, -0.05) is 0 Å². The van der Waals surface area contributed by atoms with Gasteiger partial charge in [-0.05, 0) is 31.2 Å². The summed E-state index contributed by atoms with van der Waals surface area (Å²) in [5.41, 5.74) is 0.0974. The SMILES string of the molecule is COCC(C)(CC(=O)O)NC(=O)c1csc(-c2ccc(OC)cc2)n1. The molecule has 2 aromatic rings. The highest BCUT2D eigenvalue weighted by molar-refractivity contribution is 7.13. The predicted octanol–water partition coefficient (Wildman–Crippen LogP) is 2.43. The van der Waals surface area contributed by atoms with Crippen molar-refractivity contribution in [2.24, 2.45) is 0 Å². The van der Waals surface area contributed by atoms with Crippen LogP contribution in [0.2, 0.25) is 0 Å². The maximum absolute atomic E-state index is 12.4. The first-order valence-electron chi connectivity index (χ1n) is 7.50. The topological polar surface area (TPSA) is 97.8 Å². The average molecular weight is 364 g/mol. The third-order valence-electron chi connectivity index (χ3n) is 3.49. The standard InChI is InChI=1S/C17H20N2O5S/c1-17(10-23-2,8-14(20)21)19-15(22)13-9-25-16(18-13)11-4-6-12(24-3)7-5-11/h4-7,9H,8,10H2,1-3H3,(H,19,22)(H,20,21). The molecule has 1 aromatic carbocycles. The quantitative estimate of drug-likeness (QED) is 0.747. The average Bonchev–Trinajstić information content (AvgIpc) is 3.04. The van der Waals surface area contributed by atoms with Crippen LogP contribution >= 0.6 is 11.3 Å². The number of aliphatic carboxylic acids is 1. The van der Waals surface area contributed by atoms with Crippen LogP contribution in [0.25, 0.3) is 10.6 Å². The zero-order chi connectivity index (χ0) is 18.4. The van der Waals surface area contributed by atoms with Crippen LogP contribution in [-0.2, 0) is 9.53 Å². The summed E-state index contributed by atoms with van der Waals surface area (Å²) in [6.45, 7) is 1.71. The van der Waals surface area contributed by atoms with Crippen molar-refractivity contribution in [3.05, 3.63) is 35.3 Å². The molecule has 1 atom stereocenters. The largest absolute Gasteiger partial charge is 0.497 e. The van der Waals surface area contributed by atoms with E-state index in [0.29, 0.717) is 5.01 Å². The van der Waals surface area contributed by atoms with E-state index < -0.39 is 17.4 Å². The van der Waals surface area contributed by atoms with Crippen LogP contribution in [0.1, 0.15) is 23.8 Å². The first kappa shape index (κ1) is 18.9. The van der Waals surface area contributed by atoms with E-state index in [2.05, 4.69) is 10.3 Å². The number of carboxylic acid groups (broad SMARTS) is 1. The molecule has 0 aliphatic rings. The molecule has 25 heavy (non-hydrogen) atoms. The van der Waals surface area contributed by atoms with Gasteiger partial charge in [0.1, 0.15) is 16.5 Å². The first-order chi connectivity index (χ1) is 11.9. The maximum Gasteiger partial charge on any atom is 0.305 e. The second-order valence-electron chi connectivity index (χ2n) is 5.78. The Morgan fingerprint density at radius 1 is 1.28 bits per heavy atom. The van der Waals surface area contributed by atoms with Gasteiger partial charge in [-0.15, -0.1) is 11.3 Å². The van der Waals surface area contributed by atoms with E-state index >= 15 is 0 Å². The number of amides is 1. The third kappa shape index (κ3) is 5.01. The van der Waals surface area contributed by atoms with Crippen LogP contribution in [-0.4, -0.2) is 48.3 Å². The molecule has 0 aliphatic heterocycles. The van der Waals surface area contributed by atoms with Gasteiger partial charge >= 0.3 is 5.97 Å².